The van der Waals surface area contributed by atoms with Gasteiger partial charge in [-0.2, -0.15) is 0 Å². The number of Topliss-reactive ketones (excluding diaryl/α,β-unsaturated/α-hetero) is 1. The van der Waals surface area contributed by atoms with Crippen LogP contribution in [-0.2, 0) is 9.59 Å². The monoisotopic (exact) mass is 406 g/mol. The number of allylic oxidation sites excluding steroid dienone is 2. The zero-order valence-electron chi connectivity index (χ0n) is 19.4. The van der Waals surface area contributed by atoms with Gasteiger partial charge in [-0.1, -0.05) is 38.8 Å². The van der Waals surface area contributed by atoms with Crippen molar-refractivity contribution >= 4 is 11.7 Å². The van der Waals surface area contributed by atoms with E-state index in [2.05, 4.69) is 31.6 Å². The van der Waals surface area contributed by atoms with Crippen molar-refractivity contribution in [1.29, 1.82) is 0 Å². The van der Waals surface area contributed by atoms with Crippen molar-refractivity contribution in [3.8, 4) is 0 Å². The van der Waals surface area contributed by atoms with Gasteiger partial charge in [0.1, 0.15) is 0 Å². The van der Waals surface area contributed by atoms with Crippen molar-refractivity contribution in [1.82, 2.24) is 10.2 Å². The van der Waals surface area contributed by atoms with Crippen LogP contribution in [0, 0.1) is 0 Å². The lowest BCUT2D eigenvalue weighted by molar-refractivity contribution is -0.137. The van der Waals surface area contributed by atoms with Crippen LogP contribution in [0.3, 0.4) is 0 Å². The summed E-state index contributed by atoms with van der Waals surface area (Å²) in [6.45, 7) is 20.2. The highest BCUT2D eigenvalue weighted by atomic mass is 16.2. The van der Waals surface area contributed by atoms with E-state index >= 15 is 0 Å². The molecule has 2 rings (SSSR count). The lowest BCUT2D eigenvalue weighted by Gasteiger charge is -2.24. The first-order valence-corrected chi connectivity index (χ1v) is 11.4. The van der Waals surface area contributed by atoms with Crippen LogP contribution in [0.15, 0.2) is 38.5 Å². The average molecular weight is 407 g/mol. The molecular formula is C25H46N2O2. The third kappa shape index (κ3) is 14.9. The van der Waals surface area contributed by atoms with Crippen LogP contribution in [0.25, 0.3) is 0 Å². The number of likely N-dealkylation sites (tertiary alicyclic amines) is 1. The number of nitrogens with one attached hydrogen (secondary N) is 1. The van der Waals surface area contributed by atoms with Crippen molar-refractivity contribution in [2.24, 2.45) is 0 Å². The zero-order chi connectivity index (χ0) is 22.5. The topological polar surface area (TPSA) is 49.4 Å². The number of hydrogen-bond donors (Lipinski definition) is 1. The van der Waals surface area contributed by atoms with Crippen LogP contribution in [-0.4, -0.2) is 41.8 Å². The predicted octanol–water partition coefficient (Wildman–Crippen LogP) is 5.85. The summed E-state index contributed by atoms with van der Waals surface area (Å²) in [5, 5.41) is 3.27. The molecule has 0 aromatic rings. The molecule has 1 N–H and O–H groups in total. The number of unbranched alkanes of at least 4 members (excludes halogenated alkanes) is 4. The number of carbonyl (C=O) groups is 2. The maximum atomic E-state index is 12.3. The Bertz CT molecular complexity index is 444. The average Bonchev–Trinajstić information content (AvgIpc) is 3.45. The molecule has 0 aromatic heterocycles. The van der Waals surface area contributed by atoms with Crippen LogP contribution in [0.1, 0.15) is 85.0 Å². The van der Waals surface area contributed by atoms with E-state index in [4.69, 9.17) is 0 Å². The molecular weight excluding hydrogens is 360 g/mol. The third-order valence-corrected chi connectivity index (χ3v) is 4.64. The fourth-order valence-electron chi connectivity index (χ4n) is 3.11. The first-order chi connectivity index (χ1) is 14.1. The fraction of sp³-hybridized carbons (Fsp3) is 0.680. The van der Waals surface area contributed by atoms with Gasteiger partial charge in [0, 0.05) is 19.0 Å². The lowest BCUT2D eigenvalue weighted by Crippen LogP contribution is -2.44. The molecule has 1 heterocycles. The Morgan fingerprint density at radius 1 is 1.03 bits per heavy atom. The number of rotatable bonds is 11. The lowest BCUT2D eigenvalue weighted by atomic mass is 10.1. The van der Waals surface area contributed by atoms with Crippen molar-refractivity contribution in [3.63, 3.8) is 0 Å². The van der Waals surface area contributed by atoms with Gasteiger partial charge in [-0.05, 0) is 51.9 Å². The first kappa shape index (κ1) is 29.5. The normalized spacial score (nSPS) is 16.8. The van der Waals surface area contributed by atoms with E-state index in [0.717, 1.165) is 51.5 Å². The molecule has 0 spiro atoms. The van der Waals surface area contributed by atoms with Crippen molar-refractivity contribution < 1.29 is 9.59 Å². The molecule has 168 valence electrons. The second-order valence-electron chi connectivity index (χ2n) is 7.02. The fourth-order valence-corrected chi connectivity index (χ4v) is 3.11. The highest BCUT2D eigenvalue weighted by molar-refractivity contribution is 5.90. The van der Waals surface area contributed by atoms with Crippen LogP contribution in [0.4, 0.5) is 0 Å². The SMILES string of the molecule is C=C.C=CC.C=CCCCCCCC(=O)N1CCC[C@H]1C(=O)CNC1CC1.CC. The van der Waals surface area contributed by atoms with Gasteiger partial charge >= 0.3 is 0 Å². The van der Waals surface area contributed by atoms with E-state index in [9.17, 15) is 9.59 Å². The Balaban J connectivity index is 0. The number of nitrogens with zero attached hydrogens (tertiary/aromatic N) is 1. The minimum Gasteiger partial charge on any atom is -0.333 e. The van der Waals surface area contributed by atoms with Crippen LogP contribution >= 0.6 is 0 Å². The number of carbonyl (C=O) groups excluding carboxylic acids is 2. The Morgan fingerprint density at radius 2 is 1.62 bits per heavy atom. The molecule has 2 fully saturated rings. The third-order valence-electron chi connectivity index (χ3n) is 4.64. The largest absolute Gasteiger partial charge is 0.333 e. The summed E-state index contributed by atoms with van der Waals surface area (Å²) >= 11 is 0. The van der Waals surface area contributed by atoms with Gasteiger partial charge in [0.15, 0.2) is 5.78 Å². The molecule has 0 aromatic carbocycles. The van der Waals surface area contributed by atoms with E-state index in [-0.39, 0.29) is 17.7 Å². The molecule has 0 unspecified atom stereocenters. The molecule has 1 saturated heterocycles. The summed E-state index contributed by atoms with van der Waals surface area (Å²) < 4.78 is 0. The van der Waals surface area contributed by atoms with Crippen molar-refractivity contribution in [2.45, 2.75) is 97.1 Å². The molecule has 4 nitrogen and oxygen atoms in total. The van der Waals surface area contributed by atoms with E-state index in [1.165, 1.54) is 12.8 Å². The summed E-state index contributed by atoms with van der Waals surface area (Å²) in [7, 11) is 0. The van der Waals surface area contributed by atoms with E-state index in [1.807, 2.05) is 31.7 Å². The first-order valence-electron chi connectivity index (χ1n) is 11.4. The Hall–Kier alpha value is -1.68. The van der Waals surface area contributed by atoms with Gasteiger partial charge in [0.05, 0.1) is 12.6 Å². The highest BCUT2D eigenvalue weighted by Gasteiger charge is 2.34. The summed E-state index contributed by atoms with van der Waals surface area (Å²) in [6, 6.07) is 0.379. The zero-order valence-corrected chi connectivity index (χ0v) is 19.4. The van der Waals surface area contributed by atoms with Crippen LogP contribution in [0.5, 0.6) is 0 Å². The molecule has 1 amide bonds. The number of amides is 1. The Labute approximate surface area is 180 Å². The van der Waals surface area contributed by atoms with Gasteiger partial charge < -0.3 is 10.2 Å². The second kappa shape index (κ2) is 21.0. The summed E-state index contributed by atoms with van der Waals surface area (Å²) in [6.07, 6.45) is 13.9. The molecule has 1 saturated carbocycles. The molecule has 2 aliphatic rings. The highest BCUT2D eigenvalue weighted by Crippen LogP contribution is 2.22. The van der Waals surface area contributed by atoms with Gasteiger partial charge in [-0.3, -0.25) is 9.59 Å². The minimum atomic E-state index is -0.167. The number of ketones is 1. The van der Waals surface area contributed by atoms with Crippen molar-refractivity contribution in [3.05, 3.63) is 38.5 Å². The molecule has 1 aliphatic carbocycles. The molecule has 29 heavy (non-hydrogen) atoms. The van der Waals surface area contributed by atoms with Gasteiger partial charge in [-0.25, -0.2) is 0 Å². The standard InChI is InChI=1S/C18H30N2O2.C3H6.C2H6.C2H4/c1-2-3-4-5-6-7-10-18(22)20-13-8-9-16(20)17(21)14-19-15-11-12-15;1-3-2;2*1-2/h2,15-16,19H,1,3-14H2;3H,1H2,2H3;1-2H3;1-2H2/t16-;;;/m0.../s1. The maximum Gasteiger partial charge on any atom is 0.223 e. The summed E-state index contributed by atoms with van der Waals surface area (Å²) in [5.74, 6) is 0.370. The van der Waals surface area contributed by atoms with Gasteiger partial charge in [0.2, 0.25) is 5.91 Å². The molecule has 0 radical (unpaired) electrons. The molecule has 1 atom stereocenters. The van der Waals surface area contributed by atoms with Crippen LogP contribution in [0.2, 0.25) is 0 Å². The minimum absolute atomic E-state index is 0.167. The summed E-state index contributed by atoms with van der Waals surface area (Å²) in [5.41, 5.74) is 0. The maximum absolute atomic E-state index is 12.3. The van der Waals surface area contributed by atoms with Crippen LogP contribution < -0.4 is 5.32 Å². The smallest absolute Gasteiger partial charge is 0.223 e. The van der Waals surface area contributed by atoms with Gasteiger partial charge in [-0.15, -0.1) is 26.3 Å². The van der Waals surface area contributed by atoms with E-state index < -0.39 is 0 Å². The number of hydrogen-bond acceptors (Lipinski definition) is 3. The second-order valence-corrected chi connectivity index (χ2v) is 7.02. The Kier molecular flexibility index (Phi) is 21.4. The molecule has 4 heteroatoms. The quantitative estimate of drug-likeness (QED) is 0.346. The van der Waals surface area contributed by atoms with E-state index in [1.54, 1.807) is 6.08 Å². The Morgan fingerprint density at radius 3 is 2.17 bits per heavy atom. The molecule has 1 aliphatic heterocycles. The van der Waals surface area contributed by atoms with Gasteiger partial charge in [0.25, 0.3) is 0 Å². The predicted molar refractivity (Wildman–Crippen MR) is 127 cm³/mol. The van der Waals surface area contributed by atoms with E-state index in [0.29, 0.717) is 19.0 Å². The summed E-state index contributed by atoms with van der Waals surface area (Å²) in [4.78, 5) is 26.4. The molecule has 0 bridgehead atoms. The van der Waals surface area contributed by atoms with Crippen molar-refractivity contribution in [2.75, 3.05) is 13.1 Å².